The lowest BCUT2D eigenvalue weighted by Gasteiger charge is -2.61. The summed E-state index contributed by atoms with van der Waals surface area (Å²) in [6.45, 7) is 19.0. The number of amides is 1. The SMILES string of the molecule is CC(=O)OC(C1CC(C)C2C(O1)C(O)C13CC14CCC1CC4(CCCC(OC(=O)CNC(=O)OC(C)(C)C)C1(C)C)CCC23C)C(C)(C)O. The van der Waals surface area contributed by atoms with Gasteiger partial charge in [0.15, 0.2) is 6.10 Å². The average molecular weight is 690 g/mol. The zero-order chi connectivity index (χ0) is 36.2. The number of carbonyl (C=O) groups excluding carboxylic acids is 3. The molecule has 0 radical (unpaired) electrons. The zero-order valence-electron chi connectivity index (χ0n) is 31.6. The van der Waals surface area contributed by atoms with E-state index in [2.05, 4.69) is 33.0 Å². The Labute approximate surface area is 293 Å². The maximum atomic E-state index is 13.0. The predicted octanol–water partition coefficient (Wildman–Crippen LogP) is 6.08. The molecule has 0 aromatic rings. The summed E-state index contributed by atoms with van der Waals surface area (Å²) >= 11 is 0. The van der Waals surface area contributed by atoms with Gasteiger partial charge in [0.25, 0.3) is 0 Å². The third kappa shape index (κ3) is 5.64. The minimum atomic E-state index is -1.28. The summed E-state index contributed by atoms with van der Waals surface area (Å²) in [6, 6.07) is 0. The fraction of sp³-hybridized carbons (Fsp3) is 0.923. The lowest BCUT2D eigenvalue weighted by Crippen LogP contribution is -2.56. The number of aliphatic hydroxyl groups excluding tert-OH is 1. The molecule has 1 heterocycles. The number of carbonyl (C=O) groups is 3. The topological polar surface area (TPSA) is 141 Å². The van der Waals surface area contributed by atoms with E-state index in [-0.39, 0.29) is 57.7 Å². The van der Waals surface area contributed by atoms with E-state index >= 15 is 0 Å². The summed E-state index contributed by atoms with van der Waals surface area (Å²) in [5.74, 6) is -0.0866. The standard InChI is InChI=1S/C39H63NO9/c1-22-18-25(31(35(8,9)45)46-23(2)41)47-29-28(22)36(10)16-17-37-14-11-12-26(48-27(42)20-40-32(44)49-33(3,4)5)34(6,7)24(19-37)13-15-38(37)21-39(36,38)30(29)43/h22,24-26,28-31,43,45H,11-21H2,1-10H3,(H,40,44). The summed E-state index contributed by atoms with van der Waals surface area (Å²) in [5, 5.41) is 26.1. The second-order valence-corrected chi connectivity index (χ2v) is 19.4. The van der Waals surface area contributed by atoms with E-state index in [9.17, 15) is 24.6 Å². The Morgan fingerprint density at radius 2 is 1.71 bits per heavy atom. The quantitative estimate of drug-likeness (QED) is 0.224. The molecule has 10 heteroatoms. The highest BCUT2D eigenvalue weighted by molar-refractivity contribution is 5.78. The van der Waals surface area contributed by atoms with Crippen LogP contribution in [0.3, 0.4) is 0 Å². The summed E-state index contributed by atoms with van der Waals surface area (Å²) in [6.07, 6.45) is 6.60. The van der Waals surface area contributed by atoms with Gasteiger partial charge in [-0.15, -0.1) is 0 Å². The van der Waals surface area contributed by atoms with Crippen LogP contribution in [0.4, 0.5) is 4.79 Å². The molecule has 6 rings (SSSR count). The second kappa shape index (κ2) is 11.8. The Kier molecular flexibility index (Phi) is 8.88. The molecule has 1 aliphatic heterocycles. The van der Waals surface area contributed by atoms with Crippen LogP contribution in [0.2, 0.25) is 0 Å². The van der Waals surface area contributed by atoms with Crippen LogP contribution in [-0.2, 0) is 28.5 Å². The van der Waals surface area contributed by atoms with Crippen molar-refractivity contribution in [2.24, 2.45) is 44.8 Å². The highest BCUT2D eigenvalue weighted by atomic mass is 16.6. The van der Waals surface area contributed by atoms with Crippen molar-refractivity contribution in [3.8, 4) is 0 Å². The number of esters is 2. The van der Waals surface area contributed by atoms with Crippen molar-refractivity contribution < 1.29 is 43.5 Å². The summed E-state index contributed by atoms with van der Waals surface area (Å²) in [5.41, 5.74) is -2.30. The van der Waals surface area contributed by atoms with E-state index < -0.39 is 47.5 Å². The second-order valence-electron chi connectivity index (χ2n) is 19.4. The lowest BCUT2D eigenvalue weighted by molar-refractivity contribution is -0.216. The van der Waals surface area contributed by atoms with Crippen LogP contribution in [0, 0.1) is 44.8 Å². The molecule has 0 aromatic carbocycles. The lowest BCUT2D eigenvalue weighted by atomic mass is 9.43. The van der Waals surface area contributed by atoms with Crippen LogP contribution in [0.15, 0.2) is 0 Å². The van der Waals surface area contributed by atoms with Crippen LogP contribution in [-0.4, -0.2) is 76.5 Å². The first-order valence-corrected chi connectivity index (χ1v) is 18.9. The first-order valence-electron chi connectivity index (χ1n) is 18.9. The molecule has 2 bridgehead atoms. The summed E-state index contributed by atoms with van der Waals surface area (Å²) in [7, 11) is 0. The molecule has 3 N–H and O–H groups in total. The van der Waals surface area contributed by atoms with Crippen molar-refractivity contribution in [3.63, 3.8) is 0 Å². The van der Waals surface area contributed by atoms with Crippen LogP contribution in [0.25, 0.3) is 0 Å². The number of ether oxygens (including phenoxy) is 4. The molecule has 10 nitrogen and oxygen atoms in total. The molecule has 12 atom stereocenters. The number of alkyl carbamates (subject to hydrolysis) is 1. The first-order chi connectivity index (χ1) is 22.5. The third-order valence-electron chi connectivity index (χ3n) is 14.9. The van der Waals surface area contributed by atoms with Crippen molar-refractivity contribution in [3.05, 3.63) is 0 Å². The van der Waals surface area contributed by atoms with E-state index in [1.165, 1.54) is 6.92 Å². The fourth-order valence-corrected chi connectivity index (χ4v) is 12.9. The summed E-state index contributed by atoms with van der Waals surface area (Å²) in [4.78, 5) is 37.2. The maximum absolute atomic E-state index is 13.0. The molecule has 0 aromatic heterocycles. The molecule has 49 heavy (non-hydrogen) atoms. The number of aliphatic hydroxyl groups is 2. The highest BCUT2D eigenvalue weighted by Crippen LogP contribution is 2.92. The van der Waals surface area contributed by atoms with E-state index in [1.807, 2.05) is 0 Å². The Hall–Kier alpha value is -1.91. The van der Waals surface area contributed by atoms with Crippen LogP contribution < -0.4 is 5.32 Å². The fourth-order valence-electron chi connectivity index (χ4n) is 12.9. The molecular formula is C39H63NO9. The van der Waals surface area contributed by atoms with Gasteiger partial charge in [0, 0.05) is 17.8 Å². The van der Waals surface area contributed by atoms with Gasteiger partial charge in [0.05, 0.1) is 23.9 Å². The van der Waals surface area contributed by atoms with Gasteiger partial charge in [0.2, 0.25) is 0 Å². The van der Waals surface area contributed by atoms with E-state index in [0.717, 1.165) is 57.8 Å². The highest BCUT2D eigenvalue weighted by Gasteiger charge is 2.90. The minimum absolute atomic E-state index is 0.0430. The van der Waals surface area contributed by atoms with Crippen molar-refractivity contribution in [1.29, 1.82) is 0 Å². The zero-order valence-corrected chi connectivity index (χ0v) is 31.6. The Bertz CT molecular complexity index is 1330. The van der Waals surface area contributed by atoms with Crippen molar-refractivity contribution in [2.45, 2.75) is 175 Å². The molecule has 6 fully saturated rings. The molecule has 5 saturated carbocycles. The molecule has 278 valence electrons. The van der Waals surface area contributed by atoms with Gasteiger partial charge in [0.1, 0.15) is 18.2 Å². The minimum Gasteiger partial charge on any atom is -0.460 e. The molecular weight excluding hydrogens is 626 g/mol. The Balaban J connectivity index is 1.20. The smallest absolute Gasteiger partial charge is 0.408 e. The molecule has 1 saturated heterocycles. The maximum Gasteiger partial charge on any atom is 0.408 e. The number of hydrogen-bond donors (Lipinski definition) is 3. The van der Waals surface area contributed by atoms with Gasteiger partial charge in [-0.2, -0.15) is 0 Å². The van der Waals surface area contributed by atoms with Gasteiger partial charge in [-0.3, -0.25) is 9.59 Å². The number of hydrogen-bond acceptors (Lipinski definition) is 9. The van der Waals surface area contributed by atoms with Gasteiger partial charge < -0.3 is 34.5 Å². The largest absolute Gasteiger partial charge is 0.460 e. The number of fused-ring (bicyclic) bond motifs is 3. The predicted molar refractivity (Wildman–Crippen MR) is 182 cm³/mol. The Morgan fingerprint density at radius 1 is 1.02 bits per heavy atom. The van der Waals surface area contributed by atoms with Gasteiger partial charge >= 0.3 is 18.0 Å². The van der Waals surface area contributed by atoms with E-state index in [4.69, 9.17) is 18.9 Å². The van der Waals surface area contributed by atoms with E-state index in [0.29, 0.717) is 12.3 Å². The molecule has 3 spiro atoms. The van der Waals surface area contributed by atoms with Crippen LogP contribution >= 0.6 is 0 Å². The normalized spacial score (nSPS) is 44.4. The van der Waals surface area contributed by atoms with Crippen molar-refractivity contribution >= 4 is 18.0 Å². The Morgan fingerprint density at radius 3 is 2.35 bits per heavy atom. The monoisotopic (exact) mass is 689 g/mol. The van der Waals surface area contributed by atoms with Gasteiger partial charge in [-0.1, -0.05) is 27.7 Å². The van der Waals surface area contributed by atoms with E-state index in [1.54, 1.807) is 34.6 Å². The first kappa shape index (κ1) is 36.9. The van der Waals surface area contributed by atoms with Gasteiger partial charge in [-0.25, -0.2) is 4.79 Å². The number of nitrogens with one attached hydrogen (secondary N) is 1. The molecule has 1 amide bonds. The molecule has 12 unspecified atom stereocenters. The van der Waals surface area contributed by atoms with Crippen molar-refractivity contribution in [1.82, 2.24) is 5.32 Å². The average Bonchev–Trinajstić information content (AvgIpc) is 3.63. The third-order valence-corrected chi connectivity index (χ3v) is 14.9. The molecule has 6 aliphatic rings. The molecule has 5 aliphatic carbocycles. The van der Waals surface area contributed by atoms with Crippen LogP contribution in [0.5, 0.6) is 0 Å². The van der Waals surface area contributed by atoms with Crippen LogP contribution in [0.1, 0.15) is 133 Å². The number of rotatable bonds is 6. The van der Waals surface area contributed by atoms with Crippen molar-refractivity contribution in [2.75, 3.05) is 6.54 Å². The van der Waals surface area contributed by atoms with Gasteiger partial charge in [-0.05, 0) is 133 Å². The summed E-state index contributed by atoms with van der Waals surface area (Å²) < 4.78 is 23.9.